The summed E-state index contributed by atoms with van der Waals surface area (Å²) >= 11 is 0. The predicted molar refractivity (Wildman–Crippen MR) is 142 cm³/mol. The second kappa shape index (κ2) is 12.5. The summed E-state index contributed by atoms with van der Waals surface area (Å²) in [5, 5.41) is 4.06. The Kier molecular flexibility index (Phi) is 9.16. The number of hydrogen-bond donors (Lipinski definition) is 0. The fourth-order valence-electron chi connectivity index (χ4n) is 5.10. The molecule has 0 radical (unpaired) electrons. The molecule has 0 aromatic carbocycles. The van der Waals surface area contributed by atoms with Crippen LogP contribution in [0.4, 0.5) is 10.4 Å². The van der Waals surface area contributed by atoms with Gasteiger partial charge in [0.25, 0.3) is 0 Å². The molecule has 9 heteroatoms. The predicted octanol–water partition coefficient (Wildman–Crippen LogP) is 5.21. The van der Waals surface area contributed by atoms with Crippen LogP contribution in [-0.4, -0.2) is 66.6 Å². The first kappa shape index (κ1) is 27.1. The molecule has 2 aliphatic heterocycles. The van der Waals surface area contributed by atoms with Gasteiger partial charge in [0.05, 0.1) is 24.6 Å². The third-order valence-corrected chi connectivity index (χ3v) is 7.56. The van der Waals surface area contributed by atoms with Gasteiger partial charge in [0.2, 0.25) is 5.91 Å². The van der Waals surface area contributed by atoms with Crippen molar-refractivity contribution in [2.75, 3.05) is 37.7 Å². The minimum absolute atomic E-state index is 0.0655. The van der Waals surface area contributed by atoms with Crippen LogP contribution in [0.25, 0.3) is 0 Å². The van der Waals surface area contributed by atoms with Crippen molar-refractivity contribution in [3.63, 3.8) is 0 Å². The summed E-state index contributed by atoms with van der Waals surface area (Å²) in [6.45, 7) is 13.0. The molecule has 3 heterocycles. The van der Waals surface area contributed by atoms with E-state index in [9.17, 15) is 9.18 Å². The minimum Gasteiger partial charge on any atom is -0.498 e. The molecule has 1 aromatic rings. The number of piperidine rings is 1. The van der Waals surface area contributed by atoms with Gasteiger partial charge in [-0.1, -0.05) is 25.1 Å². The average Bonchev–Trinajstić information content (AvgIpc) is 3.58. The molecule has 0 bridgehead atoms. The number of amides is 1. The molecular formula is C28H40FN5O3. The lowest BCUT2D eigenvalue weighted by atomic mass is 9.87. The standard InChI is InChI=1S/C28H40FN5O3/c1-19(2)26-31-28(37-32-26)33-14-11-21(12-15-33)18-36-20(3)5-10-25(30-4)22-6-8-23(9-7-22)27(35)34-16-13-24(29)17-34/h5-6,10,19,21,23-24H,4,7-9,11-18H2,1-3H3/b20-5+,25-10-/t23?,24-/m1/s1. The number of ether oxygens (including phenoxy) is 1. The largest absolute Gasteiger partial charge is 0.498 e. The van der Waals surface area contributed by atoms with Gasteiger partial charge in [0, 0.05) is 31.5 Å². The lowest BCUT2D eigenvalue weighted by Gasteiger charge is -2.30. The van der Waals surface area contributed by atoms with Gasteiger partial charge >= 0.3 is 6.01 Å². The van der Waals surface area contributed by atoms with E-state index in [0.29, 0.717) is 37.9 Å². The Balaban J connectivity index is 1.22. The van der Waals surface area contributed by atoms with Crippen LogP contribution in [0.2, 0.25) is 0 Å². The molecule has 2 fully saturated rings. The Morgan fingerprint density at radius 3 is 2.65 bits per heavy atom. The van der Waals surface area contributed by atoms with Gasteiger partial charge in [-0.15, -0.1) is 0 Å². The van der Waals surface area contributed by atoms with E-state index in [-0.39, 0.29) is 24.3 Å². The molecule has 1 aliphatic carbocycles. The van der Waals surface area contributed by atoms with E-state index in [4.69, 9.17) is 9.26 Å². The number of carbonyl (C=O) groups excluding carboxylic acids is 1. The highest BCUT2D eigenvalue weighted by molar-refractivity contribution is 5.79. The quantitative estimate of drug-likeness (QED) is 0.256. The molecule has 2 saturated heterocycles. The van der Waals surface area contributed by atoms with Crippen molar-refractivity contribution in [3.8, 4) is 0 Å². The Morgan fingerprint density at radius 1 is 1.27 bits per heavy atom. The Morgan fingerprint density at radius 2 is 2.05 bits per heavy atom. The van der Waals surface area contributed by atoms with Gasteiger partial charge in [0.1, 0.15) is 6.17 Å². The van der Waals surface area contributed by atoms with Crippen molar-refractivity contribution >= 4 is 18.6 Å². The molecule has 0 spiro atoms. The number of nitrogens with zero attached hydrogens (tertiary/aromatic N) is 5. The van der Waals surface area contributed by atoms with Gasteiger partial charge in [-0.05, 0) is 75.8 Å². The van der Waals surface area contributed by atoms with Crippen LogP contribution >= 0.6 is 0 Å². The molecule has 8 nitrogen and oxygen atoms in total. The Bertz CT molecular complexity index is 1040. The monoisotopic (exact) mass is 513 g/mol. The molecule has 0 saturated carbocycles. The summed E-state index contributed by atoms with van der Waals surface area (Å²) in [7, 11) is 0. The van der Waals surface area contributed by atoms with Gasteiger partial charge in [-0.2, -0.15) is 4.98 Å². The number of likely N-dealkylation sites (tertiary alicyclic amines) is 1. The topological polar surface area (TPSA) is 84.1 Å². The summed E-state index contributed by atoms with van der Waals surface area (Å²) in [5.74, 6) is 2.33. The first-order valence-electron chi connectivity index (χ1n) is 13.5. The van der Waals surface area contributed by atoms with Crippen LogP contribution in [0.5, 0.6) is 0 Å². The summed E-state index contributed by atoms with van der Waals surface area (Å²) in [6, 6.07) is 0.617. The van der Waals surface area contributed by atoms with Crippen molar-refractivity contribution in [1.29, 1.82) is 0 Å². The molecule has 4 rings (SSSR count). The van der Waals surface area contributed by atoms with Crippen LogP contribution in [-0.2, 0) is 9.53 Å². The van der Waals surface area contributed by atoms with Crippen molar-refractivity contribution in [3.05, 3.63) is 41.1 Å². The van der Waals surface area contributed by atoms with Crippen molar-refractivity contribution < 1.29 is 18.4 Å². The van der Waals surface area contributed by atoms with E-state index in [1.54, 1.807) is 4.90 Å². The number of aromatic nitrogens is 2. The van der Waals surface area contributed by atoms with Crippen molar-refractivity contribution in [2.45, 2.75) is 71.4 Å². The summed E-state index contributed by atoms with van der Waals surface area (Å²) in [4.78, 5) is 25.2. The number of halogens is 1. The third kappa shape index (κ3) is 7.08. The van der Waals surface area contributed by atoms with Crippen LogP contribution < -0.4 is 4.90 Å². The lowest BCUT2D eigenvalue weighted by Crippen LogP contribution is -2.35. The normalized spacial score (nSPS) is 24.0. The van der Waals surface area contributed by atoms with Gasteiger partial charge in [-0.3, -0.25) is 9.79 Å². The molecule has 2 atom stereocenters. The van der Waals surface area contributed by atoms with Crippen LogP contribution in [0.15, 0.2) is 44.8 Å². The van der Waals surface area contributed by atoms with E-state index in [1.807, 2.05) is 19.1 Å². The second-order valence-corrected chi connectivity index (χ2v) is 10.7. The number of rotatable bonds is 9. The summed E-state index contributed by atoms with van der Waals surface area (Å²) < 4.78 is 24.9. The maximum atomic E-state index is 13.5. The van der Waals surface area contributed by atoms with E-state index < -0.39 is 6.17 Å². The zero-order valence-electron chi connectivity index (χ0n) is 22.4. The number of aliphatic imine (C=N–C) groups is 1. The number of alkyl halides is 1. The number of carbonyl (C=O) groups is 1. The highest BCUT2D eigenvalue weighted by Gasteiger charge is 2.31. The average molecular weight is 514 g/mol. The van der Waals surface area contributed by atoms with E-state index in [1.165, 1.54) is 0 Å². The van der Waals surface area contributed by atoms with Crippen LogP contribution in [0.1, 0.15) is 71.0 Å². The van der Waals surface area contributed by atoms with Crippen LogP contribution in [0.3, 0.4) is 0 Å². The smallest absolute Gasteiger partial charge is 0.324 e. The maximum absolute atomic E-state index is 13.5. The van der Waals surface area contributed by atoms with E-state index in [2.05, 4.69) is 46.7 Å². The minimum atomic E-state index is -0.877. The molecule has 3 aliphatic rings. The molecule has 1 amide bonds. The maximum Gasteiger partial charge on any atom is 0.324 e. The molecule has 1 unspecified atom stereocenters. The third-order valence-electron chi connectivity index (χ3n) is 7.56. The highest BCUT2D eigenvalue weighted by atomic mass is 19.1. The number of anilines is 1. The zero-order chi connectivity index (χ0) is 26.4. The molecule has 202 valence electrons. The van der Waals surface area contributed by atoms with Crippen LogP contribution in [0, 0.1) is 11.8 Å². The first-order chi connectivity index (χ1) is 17.8. The Hall–Kier alpha value is -2.97. The fourth-order valence-corrected chi connectivity index (χ4v) is 5.10. The zero-order valence-corrected chi connectivity index (χ0v) is 22.4. The van der Waals surface area contributed by atoms with Gasteiger partial charge < -0.3 is 19.1 Å². The van der Waals surface area contributed by atoms with Gasteiger partial charge in [-0.25, -0.2) is 4.39 Å². The second-order valence-electron chi connectivity index (χ2n) is 10.7. The SMILES string of the molecule is C=N/C(=C\C=C(/C)OCC1CCN(c2nc(C(C)C)no2)CC1)C1=CCC(C(=O)N2CC[C@@H](F)C2)CC1. The van der Waals surface area contributed by atoms with E-state index >= 15 is 0 Å². The lowest BCUT2D eigenvalue weighted by molar-refractivity contribution is -0.134. The van der Waals surface area contributed by atoms with Crippen molar-refractivity contribution in [1.82, 2.24) is 15.0 Å². The molecule has 1 aromatic heterocycles. The molecule has 0 N–H and O–H groups in total. The highest BCUT2D eigenvalue weighted by Crippen LogP contribution is 2.31. The number of allylic oxidation sites excluding steroid dienone is 5. The van der Waals surface area contributed by atoms with Crippen molar-refractivity contribution in [2.24, 2.45) is 16.8 Å². The summed E-state index contributed by atoms with van der Waals surface area (Å²) in [5.41, 5.74) is 1.91. The fraction of sp³-hybridized carbons (Fsp3) is 0.643. The Labute approximate surface area is 219 Å². The first-order valence-corrected chi connectivity index (χ1v) is 13.5. The number of hydrogen-bond acceptors (Lipinski definition) is 7. The van der Waals surface area contributed by atoms with E-state index in [0.717, 1.165) is 61.6 Å². The summed E-state index contributed by atoms with van der Waals surface area (Å²) in [6.07, 6.45) is 9.75. The molecule has 37 heavy (non-hydrogen) atoms. The molecular weight excluding hydrogens is 473 g/mol. The van der Waals surface area contributed by atoms with Gasteiger partial charge in [0.15, 0.2) is 5.82 Å².